The van der Waals surface area contributed by atoms with Gasteiger partial charge in [0.1, 0.15) is 5.75 Å². The number of hydrogen-bond donors (Lipinski definition) is 1. The minimum absolute atomic E-state index is 0.0414. The van der Waals surface area contributed by atoms with Gasteiger partial charge in [-0.1, -0.05) is 24.3 Å². The van der Waals surface area contributed by atoms with Crippen LogP contribution in [0.2, 0.25) is 0 Å². The van der Waals surface area contributed by atoms with Gasteiger partial charge in [-0.05, 0) is 36.2 Å². The highest BCUT2D eigenvalue weighted by Gasteiger charge is 2.22. The first-order chi connectivity index (χ1) is 11.5. The van der Waals surface area contributed by atoms with Gasteiger partial charge >= 0.3 is 0 Å². The summed E-state index contributed by atoms with van der Waals surface area (Å²) in [5.41, 5.74) is 1.63. The molecule has 0 spiro atoms. The molecule has 0 atom stereocenters. The third kappa shape index (κ3) is 3.42. The summed E-state index contributed by atoms with van der Waals surface area (Å²) >= 11 is 0. The minimum atomic E-state index is -3.51. The summed E-state index contributed by atoms with van der Waals surface area (Å²) in [5, 5.41) is 0. The quantitative estimate of drug-likeness (QED) is 0.891. The van der Waals surface area contributed by atoms with E-state index in [1.165, 1.54) is 0 Å². The molecule has 0 aromatic heterocycles. The minimum Gasteiger partial charge on any atom is -0.482 e. The Kier molecular flexibility index (Phi) is 4.55. The molecule has 6 nitrogen and oxygen atoms in total. The molecule has 0 aliphatic carbocycles. The van der Waals surface area contributed by atoms with E-state index in [2.05, 4.69) is 4.72 Å². The summed E-state index contributed by atoms with van der Waals surface area (Å²) in [6.45, 7) is 0.314. The maximum Gasteiger partial charge on any atom is 0.264 e. The van der Waals surface area contributed by atoms with Crippen LogP contribution in [0.25, 0.3) is 0 Å². The second-order valence-electron chi connectivity index (χ2n) is 5.50. The van der Waals surface area contributed by atoms with Crippen LogP contribution in [0, 0.1) is 0 Å². The zero-order chi connectivity index (χ0) is 17.2. The van der Waals surface area contributed by atoms with Crippen LogP contribution in [-0.2, 0) is 21.2 Å². The summed E-state index contributed by atoms with van der Waals surface area (Å²) in [4.78, 5) is 13.5. The third-order valence-corrected chi connectivity index (χ3v) is 5.35. The Bertz CT molecular complexity index is 850. The average Bonchev–Trinajstić information content (AvgIpc) is 2.59. The maximum atomic E-state index is 12.2. The Morgan fingerprint density at radius 2 is 1.92 bits per heavy atom. The molecular weight excluding hydrogens is 328 g/mol. The highest BCUT2D eigenvalue weighted by molar-refractivity contribution is 7.89. The smallest absolute Gasteiger partial charge is 0.264 e. The summed E-state index contributed by atoms with van der Waals surface area (Å²) in [5.74, 6) is 0.551. The van der Waals surface area contributed by atoms with Crippen LogP contribution in [0.5, 0.6) is 5.75 Å². The number of ether oxygens (including phenoxy) is 1. The molecule has 0 radical (unpaired) electrons. The molecule has 1 amide bonds. The van der Waals surface area contributed by atoms with Crippen LogP contribution in [0.15, 0.2) is 53.4 Å². The van der Waals surface area contributed by atoms with Gasteiger partial charge in [0, 0.05) is 13.6 Å². The molecular formula is C17H18N2O4S. The molecule has 24 heavy (non-hydrogen) atoms. The van der Waals surface area contributed by atoms with Crippen molar-refractivity contribution < 1.29 is 17.9 Å². The molecule has 126 valence electrons. The van der Waals surface area contributed by atoms with Crippen molar-refractivity contribution in [3.63, 3.8) is 0 Å². The topological polar surface area (TPSA) is 75.7 Å². The lowest BCUT2D eigenvalue weighted by atomic mass is 10.1. The number of nitrogens with zero attached hydrogens (tertiary/aromatic N) is 1. The zero-order valence-electron chi connectivity index (χ0n) is 13.2. The van der Waals surface area contributed by atoms with Crippen molar-refractivity contribution in [2.75, 3.05) is 25.1 Å². The van der Waals surface area contributed by atoms with Crippen molar-refractivity contribution in [1.82, 2.24) is 4.72 Å². The van der Waals surface area contributed by atoms with Gasteiger partial charge < -0.3 is 9.64 Å². The number of benzene rings is 2. The van der Waals surface area contributed by atoms with E-state index in [4.69, 9.17) is 4.74 Å². The molecule has 2 aromatic carbocycles. The second kappa shape index (κ2) is 6.62. The van der Waals surface area contributed by atoms with E-state index in [1.807, 2.05) is 12.1 Å². The SMILES string of the molecule is CN1C(=O)COc2ccc(CCNS(=O)(=O)c3ccccc3)cc21. The number of carbonyl (C=O) groups is 1. The van der Waals surface area contributed by atoms with Gasteiger partial charge in [0.15, 0.2) is 6.61 Å². The highest BCUT2D eigenvalue weighted by atomic mass is 32.2. The van der Waals surface area contributed by atoms with Crippen molar-refractivity contribution in [3.8, 4) is 5.75 Å². The predicted octanol–water partition coefficient (Wildman–Crippen LogP) is 1.56. The molecule has 0 saturated carbocycles. The second-order valence-corrected chi connectivity index (χ2v) is 7.27. The Labute approximate surface area is 141 Å². The molecule has 1 N–H and O–H groups in total. The number of anilines is 1. The standard InChI is InChI=1S/C17H18N2O4S/c1-19-15-11-13(7-8-16(15)23-12-17(19)20)9-10-18-24(21,22)14-5-3-2-4-6-14/h2-8,11,18H,9-10,12H2,1H3. The third-order valence-electron chi connectivity index (χ3n) is 3.87. The van der Waals surface area contributed by atoms with Gasteiger partial charge in [-0.25, -0.2) is 13.1 Å². The number of rotatable bonds is 5. The van der Waals surface area contributed by atoms with Gasteiger partial charge in [-0.2, -0.15) is 0 Å². The number of fused-ring (bicyclic) bond motifs is 1. The molecule has 7 heteroatoms. The van der Waals surface area contributed by atoms with E-state index < -0.39 is 10.0 Å². The molecule has 0 fully saturated rings. The fourth-order valence-corrected chi connectivity index (χ4v) is 3.54. The van der Waals surface area contributed by atoms with Crippen molar-refractivity contribution in [1.29, 1.82) is 0 Å². The highest BCUT2D eigenvalue weighted by Crippen LogP contribution is 2.32. The number of likely N-dealkylation sites (N-methyl/N-ethyl adjacent to an activating group) is 1. The Hall–Kier alpha value is -2.38. The van der Waals surface area contributed by atoms with Crippen LogP contribution in [0.1, 0.15) is 5.56 Å². The van der Waals surface area contributed by atoms with Gasteiger partial charge in [-0.3, -0.25) is 4.79 Å². The number of hydrogen-bond acceptors (Lipinski definition) is 4. The zero-order valence-corrected chi connectivity index (χ0v) is 14.0. The van der Waals surface area contributed by atoms with Gasteiger partial charge in [-0.15, -0.1) is 0 Å². The lowest BCUT2D eigenvalue weighted by Crippen LogP contribution is -2.35. The fraction of sp³-hybridized carbons (Fsp3) is 0.235. The van der Waals surface area contributed by atoms with Crippen molar-refractivity contribution in [2.45, 2.75) is 11.3 Å². The monoisotopic (exact) mass is 346 g/mol. The van der Waals surface area contributed by atoms with E-state index in [0.717, 1.165) is 5.56 Å². The maximum absolute atomic E-state index is 12.2. The van der Waals surface area contributed by atoms with Crippen LogP contribution in [-0.4, -0.2) is 34.5 Å². The summed E-state index contributed by atoms with van der Waals surface area (Å²) in [7, 11) is -1.81. The number of nitrogens with one attached hydrogen (secondary N) is 1. The molecule has 0 saturated heterocycles. The van der Waals surface area contributed by atoms with Crippen LogP contribution >= 0.6 is 0 Å². The van der Waals surface area contributed by atoms with Gasteiger partial charge in [0.05, 0.1) is 10.6 Å². The summed E-state index contributed by atoms with van der Waals surface area (Å²) in [6, 6.07) is 13.8. The molecule has 3 rings (SSSR count). The van der Waals surface area contributed by atoms with E-state index in [1.54, 1.807) is 48.3 Å². The van der Waals surface area contributed by atoms with E-state index in [0.29, 0.717) is 17.9 Å². The van der Waals surface area contributed by atoms with Crippen LogP contribution in [0.4, 0.5) is 5.69 Å². The average molecular weight is 346 g/mol. The number of amides is 1. The van der Waals surface area contributed by atoms with Gasteiger partial charge in [0.25, 0.3) is 5.91 Å². The lowest BCUT2D eigenvalue weighted by molar-refractivity contribution is -0.120. The van der Waals surface area contributed by atoms with E-state index >= 15 is 0 Å². The van der Waals surface area contributed by atoms with Crippen molar-refractivity contribution >= 4 is 21.6 Å². The molecule has 2 aromatic rings. The molecule has 1 aliphatic heterocycles. The van der Waals surface area contributed by atoms with Crippen molar-refractivity contribution in [3.05, 3.63) is 54.1 Å². The van der Waals surface area contributed by atoms with E-state index in [-0.39, 0.29) is 24.0 Å². The van der Waals surface area contributed by atoms with Crippen molar-refractivity contribution in [2.24, 2.45) is 0 Å². The Morgan fingerprint density at radius 3 is 2.67 bits per heavy atom. The summed E-state index contributed by atoms with van der Waals surface area (Å²) < 4.78 is 32.3. The fourth-order valence-electron chi connectivity index (χ4n) is 2.49. The first kappa shape index (κ1) is 16.5. The number of carbonyl (C=O) groups excluding carboxylic acids is 1. The molecule has 1 heterocycles. The van der Waals surface area contributed by atoms with Crippen LogP contribution < -0.4 is 14.4 Å². The first-order valence-electron chi connectivity index (χ1n) is 7.54. The van der Waals surface area contributed by atoms with Crippen LogP contribution in [0.3, 0.4) is 0 Å². The molecule has 0 bridgehead atoms. The Morgan fingerprint density at radius 1 is 1.17 bits per heavy atom. The van der Waals surface area contributed by atoms with Gasteiger partial charge in [0.2, 0.25) is 10.0 Å². The largest absolute Gasteiger partial charge is 0.482 e. The first-order valence-corrected chi connectivity index (χ1v) is 9.03. The normalized spacial score (nSPS) is 14.2. The predicted molar refractivity (Wildman–Crippen MR) is 90.7 cm³/mol. The molecule has 0 unspecified atom stereocenters. The van der Waals surface area contributed by atoms with E-state index in [9.17, 15) is 13.2 Å². The lowest BCUT2D eigenvalue weighted by Gasteiger charge is -2.26. The summed E-state index contributed by atoms with van der Waals surface area (Å²) in [6.07, 6.45) is 0.515. The number of sulfonamides is 1. The Balaban J connectivity index is 1.67. The molecule has 1 aliphatic rings.